The molecule has 0 bridgehead atoms. The van der Waals surface area contributed by atoms with Crippen LogP contribution in [0.15, 0.2) is 39.2 Å². The third-order valence-corrected chi connectivity index (χ3v) is 3.65. The smallest absolute Gasteiger partial charge is 0.227 e. The van der Waals surface area contributed by atoms with E-state index in [2.05, 4.69) is 20.9 Å². The fraction of sp³-hybridized carbons (Fsp3) is 0. The van der Waals surface area contributed by atoms with Gasteiger partial charge in [-0.15, -0.1) is 0 Å². The number of nitrogens with zero attached hydrogens (tertiary/aromatic N) is 1. The van der Waals surface area contributed by atoms with Gasteiger partial charge >= 0.3 is 0 Å². The van der Waals surface area contributed by atoms with Crippen LogP contribution in [0.4, 0.5) is 10.1 Å². The summed E-state index contributed by atoms with van der Waals surface area (Å²) in [6.45, 7) is 0. The molecular weight excluding hydrogens is 335 g/mol. The van der Waals surface area contributed by atoms with Gasteiger partial charge in [0, 0.05) is 21.8 Å². The molecule has 0 fully saturated rings. The van der Waals surface area contributed by atoms with Crippen LogP contribution in [-0.2, 0) is 0 Å². The second-order valence-corrected chi connectivity index (χ2v) is 5.25. The van der Waals surface area contributed by atoms with E-state index in [4.69, 9.17) is 21.8 Å². The van der Waals surface area contributed by atoms with Crippen LogP contribution < -0.4 is 5.73 Å². The van der Waals surface area contributed by atoms with Crippen molar-refractivity contribution < 1.29 is 8.81 Å². The molecule has 2 N–H and O–H groups in total. The number of anilines is 1. The molecule has 2 aromatic carbocycles. The molecule has 0 saturated heterocycles. The quantitative estimate of drug-likeness (QED) is 0.656. The predicted octanol–water partition coefficient (Wildman–Crippen LogP) is 4.63. The highest BCUT2D eigenvalue weighted by atomic mass is 79.9. The lowest BCUT2D eigenvalue weighted by Gasteiger charge is -1.99. The minimum absolute atomic E-state index is 0.0193. The molecule has 6 heteroatoms. The molecule has 96 valence electrons. The third kappa shape index (κ3) is 2.19. The first-order valence-corrected chi connectivity index (χ1v) is 6.52. The molecule has 1 heterocycles. The zero-order valence-corrected chi connectivity index (χ0v) is 11.8. The molecule has 3 aromatic rings. The van der Waals surface area contributed by atoms with E-state index in [1.165, 1.54) is 12.1 Å². The van der Waals surface area contributed by atoms with Crippen LogP contribution in [-0.4, -0.2) is 4.98 Å². The van der Waals surface area contributed by atoms with Gasteiger partial charge in [0.1, 0.15) is 11.3 Å². The van der Waals surface area contributed by atoms with Gasteiger partial charge in [-0.2, -0.15) is 0 Å². The van der Waals surface area contributed by atoms with E-state index in [1.54, 1.807) is 18.2 Å². The van der Waals surface area contributed by atoms with Gasteiger partial charge in [0.2, 0.25) is 5.89 Å². The van der Waals surface area contributed by atoms with Crippen LogP contribution in [0.2, 0.25) is 5.02 Å². The number of oxazole rings is 1. The van der Waals surface area contributed by atoms with Crippen LogP contribution in [0.1, 0.15) is 0 Å². The number of hydrogen-bond acceptors (Lipinski definition) is 3. The molecule has 0 atom stereocenters. The highest BCUT2D eigenvalue weighted by Gasteiger charge is 2.12. The van der Waals surface area contributed by atoms with Crippen molar-refractivity contribution in [2.45, 2.75) is 0 Å². The molecule has 0 amide bonds. The maximum absolute atomic E-state index is 13.3. The fourth-order valence-electron chi connectivity index (χ4n) is 1.71. The second kappa shape index (κ2) is 4.51. The summed E-state index contributed by atoms with van der Waals surface area (Å²) in [5.74, 6) is -0.146. The van der Waals surface area contributed by atoms with Gasteiger partial charge in [-0.25, -0.2) is 9.37 Å². The van der Waals surface area contributed by atoms with Crippen molar-refractivity contribution in [2.24, 2.45) is 0 Å². The Bertz CT molecular complexity index is 749. The Hall–Kier alpha value is -1.59. The van der Waals surface area contributed by atoms with E-state index in [0.29, 0.717) is 22.7 Å². The lowest BCUT2D eigenvalue weighted by Crippen LogP contribution is -1.86. The first-order chi connectivity index (χ1) is 9.04. The van der Waals surface area contributed by atoms with Crippen molar-refractivity contribution in [1.82, 2.24) is 4.98 Å². The summed E-state index contributed by atoms with van der Waals surface area (Å²) >= 11 is 9.04. The van der Waals surface area contributed by atoms with Crippen LogP contribution in [0.5, 0.6) is 0 Å². The zero-order chi connectivity index (χ0) is 13.6. The van der Waals surface area contributed by atoms with Crippen LogP contribution in [0, 0.1) is 5.82 Å². The lowest BCUT2D eigenvalue weighted by atomic mass is 10.2. The van der Waals surface area contributed by atoms with Gasteiger partial charge in [0.15, 0.2) is 5.58 Å². The number of hydrogen-bond donors (Lipinski definition) is 1. The fourth-order valence-corrected chi connectivity index (χ4v) is 2.24. The maximum atomic E-state index is 13.3. The van der Waals surface area contributed by atoms with Gasteiger partial charge in [-0.1, -0.05) is 11.6 Å². The summed E-state index contributed by atoms with van der Waals surface area (Å²) in [7, 11) is 0. The first-order valence-electron chi connectivity index (χ1n) is 5.35. The SMILES string of the molecule is Nc1ccc(-c2nc3cc(Cl)c(F)cc3o2)cc1Br. The van der Waals surface area contributed by atoms with Crippen molar-refractivity contribution in [3.63, 3.8) is 0 Å². The molecule has 0 spiro atoms. The Labute approximate surface area is 121 Å². The molecule has 0 unspecified atom stereocenters. The maximum Gasteiger partial charge on any atom is 0.227 e. The topological polar surface area (TPSA) is 52.0 Å². The molecule has 0 aliphatic carbocycles. The van der Waals surface area contributed by atoms with Crippen molar-refractivity contribution in [3.05, 3.63) is 45.6 Å². The van der Waals surface area contributed by atoms with Crippen LogP contribution >= 0.6 is 27.5 Å². The Morgan fingerprint density at radius 3 is 2.79 bits per heavy atom. The number of aromatic nitrogens is 1. The Morgan fingerprint density at radius 2 is 2.05 bits per heavy atom. The summed E-state index contributed by atoms with van der Waals surface area (Å²) in [4.78, 5) is 4.28. The summed E-state index contributed by atoms with van der Waals surface area (Å²) in [6, 6.07) is 7.97. The van der Waals surface area contributed by atoms with Gasteiger partial charge in [0.25, 0.3) is 0 Å². The second-order valence-electron chi connectivity index (χ2n) is 3.99. The van der Waals surface area contributed by atoms with E-state index in [0.717, 1.165) is 10.0 Å². The Kier molecular flexibility index (Phi) is 2.95. The number of nitrogens with two attached hydrogens (primary N) is 1. The zero-order valence-electron chi connectivity index (χ0n) is 9.45. The Morgan fingerprint density at radius 1 is 1.26 bits per heavy atom. The largest absolute Gasteiger partial charge is 0.436 e. The minimum Gasteiger partial charge on any atom is -0.436 e. The minimum atomic E-state index is -0.532. The van der Waals surface area contributed by atoms with Crippen molar-refractivity contribution >= 4 is 44.3 Å². The number of rotatable bonds is 1. The van der Waals surface area contributed by atoms with E-state index in [1.807, 2.05) is 0 Å². The van der Waals surface area contributed by atoms with E-state index >= 15 is 0 Å². The van der Waals surface area contributed by atoms with E-state index < -0.39 is 5.82 Å². The monoisotopic (exact) mass is 340 g/mol. The van der Waals surface area contributed by atoms with E-state index in [9.17, 15) is 4.39 Å². The van der Waals surface area contributed by atoms with Gasteiger partial charge in [-0.05, 0) is 40.2 Å². The van der Waals surface area contributed by atoms with Crippen LogP contribution in [0.3, 0.4) is 0 Å². The summed E-state index contributed by atoms with van der Waals surface area (Å²) < 4.78 is 19.6. The lowest BCUT2D eigenvalue weighted by molar-refractivity contribution is 0.602. The molecule has 0 aliphatic heterocycles. The number of fused-ring (bicyclic) bond motifs is 1. The molecule has 19 heavy (non-hydrogen) atoms. The Balaban J connectivity index is 2.17. The van der Waals surface area contributed by atoms with Crippen molar-refractivity contribution in [1.29, 1.82) is 0 Å². The number of benzene rings is 2. The van der Waals surface area contributed by atoms with E-state index in [-0.39, 0.29) is 5.02 Å². The van der Waals surface area contributed by atoms with Gasteiger partial charge < -0.3 is 10.2 Å². The third-order valence-electron chi connectivity index (χ3n) is 2.68. The molecule has 0 radical (unpaired) electrons. The average Bonchev–Trinajstić information content (AvgIpc) is 2.76. The summed E-state index contributed by atoms with van der Waals surface area (Å²) in [5.41, 5.74) is 7.94. The number of nitrogen functional groups attached to an aromatic ring is 1. The highest BCUT2D eigenvalue weighted by Crippen LogP contribution is 2.30. The molecular formula is C13H7BrClFN2O. The highest BCUT2D eigenvalue weighted by molar-refractivity contribution is 9.10. The molecule has 1 aromatic heterocycles. The van der Waals surface area contributed by atoms with Gasteiger partial charge in [0.05, 0.1) is 5.02 Å². The van der Waals surface area contributed by atoms with Gasteiger partial charge in [-0.3, -0.25) is 0 Å². The van der Waals surface area contributed by atoms with Crippen LogP contribution in [0.25, 0.3) is 22.6 Å². The van der Waals surface area contributed by atoms with Crippen molar-refractivity contribution in [2.75, 3.05) is 5.73 Å². The normalized spacial score (nSPS) is 11.1. The molecule has 3 rings (SSSR count). The molecule has 0 aliphatic rings. The van der Waals surface area contributed by atoms with Crippen molar-refractivity contribution in [3.8, 4) is 11.5 Å². The molecule has 0 saturated carbocycles. The molecule has 3 nitrogen and oxygen atoms in total. The summed E-state index contributed by atoms with van der Waals surface area (Å²) in [5, 5.41) is 0.0193. The summed E-state index contributed by atoms with van der Waals surface area (Å²) in [6.07, 6.45) is 0. The number of halogens is 3. The average molecular weight is 342 g/mol. The predicted molar refractivity (Wildman–Crippen MR) is 76.5 cm³/mol. The standard InChI is InChI=1S/C13H7BrClFN2O/c14-7-3-6(1-2-10(7)17)13-18-11-4-8(15)9(16)5-12(11)19-13/h1-5H,17H2. The first kappa shape index (κ1) is 12.4.